The van der Waals surface area contributed by atoms with E-state index in [9.17, 15) is 9.59 Å². The highest BCUT2D eigenvalue weighted by Crippen LogP contribution is 2.42. The second-order valence-corrected chi connectivity index (χ2v) is 9.62. The van der Waals surface area contributed by atoms with Gasteiger partial charge in [0.25, 0.3) is 5.91 Å². The topological polar surface area (TPSA) is 62.7 Å². The molecular weight excluding hydrogens is 414 g/mol. The third kappa shape index (κ3) is 4.42. The van der Waals surface area contributed by atoms with Gasteiger partial charge in [-0.05, 0) is 43.7 Å². The van der Waals surface area contributed by atoms with Gasteiger partial charge in [0.2, 0.25) is 0 Å². The van der Waals surface area contributed by atoms with E-state index in [4.69, 9.17) is 9.72 Å². The van der Waals surface area contributed by atoms with Gasteiger partial charge in [-0.15, -0.1) is 0 Å². The third-order valence-corrected chi connectivity index (χ3v) is 6.57. The zero-order chi connectivity index (χ0) is 23.0. The number of hydrogen-bond donors (Lipinski definition) is 0. The lowest BCUT2D eigenvalue weighted by Crippen LogP contribution is -2.62. The normalized spacial score (nSPS) is 17.8. The van der Waals surface area contributed by atoms with Crippen LogP contribution >= 0.6 is 0 Å². The Bertz CT molecular complexity index is 1190. The van der Waals surface area contributed by atoms with Crippen LogP contribution in [0.15, 0.2) is 60.7 Å². The van der Waals surface area contributed by atoms with Crippen molar-refractivity contribution in [3.63, 3.8) is 0 Å². The minimum Gasteiger partial charge on any atom is -0.445 e. The highest BCUT2D eigenvalue weighted by atomic mass is 16.6. The van der Waals surface area contributed by atoms with E-state index in [2.05, 4.69) is 6.07 Å². The molecule has 2 heterocycles. The number of carbonyl (C=O) groups is 2. The monoisotopic (exact) mass is 443 g/mol. The Kier molecular flexibility index (Phi) is 5.52. The van der Waals surface area contributed by atoms with Crippen LogP contribution in [0.3, 0.4) is 0 Å². The Morgan fingerprint density at radius 3 is 2.48 bits per heavy atom. The predicted molar refractivity (Wildman–Crippen MR) is 127 cm³/mol. The molecule has 0 atom stereocenters. The van der Waals surface area contributed by atoms with Crippen LogP contribution in [0, 0.1) is 0 Å². The number of piperazine rings is 1. The molecule has 3 aromatic rings. The summed E-state index contributed by atoms with van der Waals surface area (Å²) in [6.07, 6.45) is 1.91. The number of carbonyl (C=O) groups excluding carboxylic acids is 2. The molecule has 0 bridgehead atoms. The lowest BCUT2D eigenvalue weighted by molar-refractivity contribution is 0.00879. The summed E-state index contributed by atoms with van der Waals surface area (Å²) < 4.78 is 5.55. The molecule has 0 unspecified atom stereocenters. The van der Waals surface area contributed by atoms with Gasteiger partial charge in [-0.25, -0.2) is 9.78 Å². The molecule has 0 N–H and O–H groups in total. The van der Waals surface area contributed by atoms with E-state index >= 15 is 0 Å². The van der Waals surface area contributed by atoms with Gasteiger partial charge in [0.05, 0.1) is 11.2 Å². The Labute approximate surface area is 194 Å². The molecule has 1 saturated carbocycles. The molecule has 0 radical (unpaired) electrons. The van der Waals surface area contributed by atoms with Gasteiger partial charge in [-0.3, -0.25) is 9.69 Å². The Morgan fingerprint density at radius 1 is 1.03 bits per heavy atom. The molecule has 5 rings (SSSR count). The van der Waals surface area contributed by atoms with Crippen LogP contribution in [0.25, 0.3) is 10.8 Å². The van der Waals surface area contributed by atoms with Crippen molar-refractivity contribution in [2.24, 2.45) is 0 Å². The average Bonchev–Trinajstić information content (AvgIpc) is 3.67. The number of pyridine rings is 1. The van der Waals surface area contributed by atoms with Gasteiger partial charge in [0.1, 0.15) is 12.3 Å². The van der Waals surface area contributed by atoms with Crippen LogP contribution in [0.5, 0.6) is 0 Å². The molecule has 1 aliphatic carbocycles. The first kappa shape index (κ1) is 21.4. The van der Waals surface area contributed by atoms with Gasteiger partial charge in [-0.1, -0.05) is 54.6 Å². The lowest BCUT2D eigenvalue weighted by atomic mass is 9.98. The van der Waals surface area contributed by atoms with Crippen molar-refractivity contribution in [2.45, 2.75) is 44.8 Å². The van der Waals surface area contributed by atoms with E-state index in [1.54, 1.807) is 4.90 Å². The highest BCUT2D eigenvalue weighted by Gasteiger charge is 2.40. The SMILES string of the molecule is CC1(C)CN(C(=O)c2cc3ccccc3c(C3CC3)n2)CCN1C(=O)OCc1ccccc1. The molecule has 6 nitrogen and oxygen atoms in total. The second kappa shape index (κ2) is 8.50. The van der Waals surface area contributed by atoms with Crippen molar-refractivity contribution in [3.8, 4) is 0 Å². The standard InChI is InChI=1S/C27H29N3O3/c1-27(2)18-29(14-15-30(27)26(32)33-17-19-8-4-3-5-9-19)25(31)23-16-21-10-6-7-11-22(21)24(28-23)20-12-13-20/h3-11,16,20H,12-15,17-18H2,1-2H3. The van der Waals surface area contributed by atoms with Crippen molar-refractivity contribution in [2.75, 3.05) is 19.6 Å². The average molecular weight is 444 g/mol. The van der Waals surface area contributed by atoms with Gasteiger partial charge in [-0.2, -0.15) is 0 Å². The van der Waals surface area contributed by atoms with Crippen LogP contribution in [0.4, 0.5) is 4.79 Å². The summed E-state index contributed by atoms with van der Waals surface area (Å²) in [5, 5.41) is 2.20. The molecule has 1 saturated heterocycles. The smallest absolute Gasteiger partial charge is 0.410 e. The predicted octanol–water partition coefficient (Wildman–Crippen LogP) is 4.99. The fraction of sp³-hybridized carbons (Fsp3) is 0.370. The lowest BCUT2D eigenvalue weighted by Gasteiger charge is -2.46. The molecule has 2 amide bonds. The summed E-state index contributed by atoms with van der Waals surface area (Å²) in [5.74, 6) is 0.378. The van der Waals surface area contributed by atoms with E-state index in [0.717, 1.165) is 34.9 Å². The molecule has 6 heteroatoms. The van der Waals surface area contributed by atoms with Crippen molar-refractivity contribution < 1.29 is 14.3 Å². The second-order valence-electron chi connectivity index (χ2n) is 9.62. The van der Waals surface area contributed by atoms with Gasteiger partial charge < -0.3 is 9.64 Å². The highest BCUT2D eigenvalue weighted by molar-refractivity contribution is 5.97. The van der Waals surface area contributed by atoms with Crippen LogP contribution in [-0.4, -0.2) is 52.0 Å². The van der Waals surface area contributed by atoms with E-state index in [1.165, 1.54) is 0 Å². The Morgan fingerprint density at radius 2 is 1.76 bits per heavy atom. The van der Waals surface area contributed by atoms with Gasteiger partial charge in [0, 0.05) is 30.9 Å². The quantitative estimate of drug-likeness (QED) is 0.570. The van der Waals surface area contributed by atoms with Crippen LogP contribution < -0.4 is 0 Å². The summed E-state index contributed by atoms with van der Waals surface area (Å²) in [6, 6.07) is 19.7. The molecule has 2 aromatic carbocycles. The van der Waals surface area contributed by atoms with Crippen LogP contribution in [0.1, 0.15) is 54.4 Å². The first-order valence-electron chi connectivity index (χ1n) is 11.6. The maximum Gasteiger partial charge on any atom is 0.410 e. The first-order valence-corrected chi connectivity index (χ1v) is 11.6. The van der Waals surface area contributed by atoms with Gasteiger partial charge in [0.15, 0.2) is 0 Å². The van der Waals surface area contributed by atoms with Gasteiger partial charge >= 0.3 is 6.09 Å². The molecular formula is C27H29N3O3. The number of aromatic nitrogens is 1. The molecule has 1 aromatic heterocycles. The Hall–Kier alpha value is -3.41. The van der Waals surface area contributed by atoms with Crippen LogP contribution in [-0.2, 0) is 11.3 Å². The van der Waals surface area contributed by atoms with Crippen molar-refractivity contribution in [1.29, 1.82) is 0 Å². The van der Waals surface area contributed by atoms with Crippen molar-refractivity contribution >= 4 is 22.8 Å². The van der Waals surface area contributed by atoms with E-state index in [-0.39, 0.29) is 18.6 Å². The first-order chi connectivity index (χ1) is 15.9. The number of fused-ring (bicyclic) bond motifs is 1. The molecule has 33 heavy (non-hydrogen) atoms. The maximum atomic E-state index is 13.4. The minimum atomic E-state index is -0.544. The fourth-order valence-corrected chi connectivity index (χ4v) is 4.63. The molecule has 1 aliphatic heterocycles. The van der Waals surface area contributed by atoms with Crippen molar-refractivity contribution in [3.05, 3.63) is 77.6 Å². The van der Waals surface area contributed by atoms with E-state index in [1.807, 2.05) is 73.3 Å². The Balaban J connectivity index is 1.30. The summed E-state index contributed by atoms with van der Waals surface area (Å²) in [7, 11) is 0. The maximum absolute atomic E-state index is 13.4. The summed E-state index contributed by atoms with van der Waals surface area (Å²) in [5.41, 5.74) is 1.94. The zero-order valence-electron chi connectivity index (χ0n) is 19.2. The summed E-state index contributed by atoms with van der Waals surface area (Å²) >= 11 is 0. The molecule has 0 spiro atoms. The zero-order valence-corrected chi connectivity index (χ0v) is 19.2. The largest absolute Gasteiger partial charge is 0.445 e. The summed E-state index contributed by atoms with van der Waals surface area (Å²) in [6.45, 7) is 5.49. The number of nitrogens with zero attached hydrogens (tertiary/aromatic N) is 3. The van der Waals surface area contributed by atoms with Crippen molar-refractivity contribution in [1.82, 2.24) is 14.8 Å². The van der Waals surface area contributed by atoms with Crippen LogP contribution in [0.2, 0.25) is 0 Å². The minimum absolute atomic E-state index is 0.0759. The third-order valence-electron chi connectivity index (χ3n) is 6.57. The molecule has 170 valence electrons. The summed E-state index contributed by atoms with van der Waals surface area (Å²) in [4.78, 5) is 34.6. The molecule has 2 aliphatic rings. The van der Waals surface area contributed by atoms with E-state index in [0.29, 0.717) is 31.2 Å². The number of benzene rings is 2. The molecule has 2 fully saturated rings. The fourth-order valence-electron chi connectivity index (χ4n) is 4.63. The van der Waals surface area contributed by atoms with E-state index < -0.39 is 5.54 Å². The number of ether oxygens (including phenoxy) is 1. The number of amides is 2. The number of hydrogen-bond acceptors (Lipinski definition) is 4. The number of rotatable bonds is 4.